The van der Waals surface area contributed by atoms with Gasteiger partial charge in [-0.2, -0.15) is 0 Å². The van der Waals surface area contributed by atoms with Crippen LogP contribution in [-0.2, 0) is 9.53 Å². The van der Waals surface area contributed by atoms with Crippen LogP contribution in [0.3, 0.4) is 0 Å². The number of hydrogen-bond donors (Lipinski definition) is 1. The maximum absolute atomic E-state index is 12.8. The summed E-state index contributed by atoms with van der Waals surface area (Å²) in [7, 11) is 1.66. The van der Waals surface area contributed by atoms with E-state index in [1.807, 2.05) is 6.92 Å². The van der Waals surface area contributed by atoms with E-state index in [9.17, 15) is 14.7 Å². The van der Waals surface area contributed by atoms with Crippen LogP contribution in [0.25, 0.3) is 6.08 Å². The number of thioether (sulfide) groups is 1. The zero-order valence-electron chi connectivity index (χ0n) is 18.8. The number of carbonyl (C=O) groups excluding carboxylic acids is 2. The summed E-state index contributed by atoms with van der Waals surface area (Å²) in [5.74, 6) is 0.104. The van der Waals surface area contributed by atoms with Gasteiger partial charge >= 0.3 is 0 Å². The molecule has 0 spiro atoms. The van der Waals surface area contributed by atoms with Crippen molar-refractivity contribution in [3.05, 3.63) is 56.9 Å². The van der Waals surface area contributed by atoms with Gasteiger partial charge in [0, 0.05) is 25.7 Å². The summed E-state index contributed by atoms with van der Waals surface area (Å²) < 4.78 is 11.3. The molecule has 0 unspecified atom stereocenters. The van der Waals surface area contributed by atoms with Crippen LogP contribution in [0.15, 0.2) is 50.8 Å². The molecule has 2 aromatic rings. The second-order valence-electron chi connectivity index (χ2n) is 7.61. The summed E-state index contributed by atoms with van der Waals surface area (Å²) >= 11 is 4.57. The van der Waals surface area contributed by atoms with E-state index in [4.69, 9.17) is 9.47 Å². The number of rotatable bonds is 5. The van der Waals surface area contributed by atoms with Crippen LogP contribution in [0.2, 0.25) is 0 Å². The molecule has 8 nitrogen and oxygen atoms in total. The average molecular weight is 546 g/mol. The molecule has 0 radical (unpaired) electrons. The maximum atomic E-state index is 12.8. The van der Waals surface area contributed by atoms with Crippen LogP contribution in [0.5, 0.6) is 11.5 Å². The zero-order valence-corrected chi connectivity index (χ0v) is 21.2. The van der Waals surface area contributed by atoms with Gasteiger partial charge in [-0.1, -0.05) is 6.07 Å². The Balaban J connectivity index is 1.57. The monoisotopic (exact) mass is 545 g/mol. The first-order valence-corrected chi connectivity index (χ1v) is 12.4. The molecule has 34 heavy (non-hydrogen) atoms. The summed E-state index contributed by atoms with van der Waals surface area (Å²) in [6, 6.07) is 10.5. The highest BCUT2D eigenvalue weighted by molar-refractivity contribution is 9.10. The van der Waals surface area contributed by atoms with Crippen molar-refractivity contribution in [2.75, 3.05) is 40.0 Å². The SMILES string of the molecule is CCOc1cc(/C=C2/SC(=Nc3cccc(C(=O)N4CCOCC4)c3)N(C)C2=O)cc(Br)c1O. The Morgan fingerprint density at radius 2 is 2.06 bits per heavy atom. The van der Waals surface area contributed by atoms with E-state index >= 15 is 0 Å². The number of aliphatic imine (C=N–C) groups is 1. The first-order chi connectivity index (χ1) is 16.4. The molecule has 2 aliphatic rings. The lowest BCUT2D eigenvalue weighted by Crippen LogP contribution is -2.40. The van der Waals surface area contributed by atoms with Gasteiger partial charge in [-0.15, -0.1) is 0 Å². The highest BCUT2D eigenvalue weighted by atomic mass is 79.9. The number of amidine groups is 1. The maximum Gasteiger partial charge on any atom is 0.266 e. The Kier molecular flexibility index (Phi) is 7.60. The second-order valence-corrected chi connectivity index (χ2v) is 9.47. The lowest BCUT2D eigenvalue weighted by Gasteiger charge is -2.26. The third kappa shape index (κ3) is 5.29. The van der Waals surface area contributed by atoms with Gasteiger partial charge < -0.3 is 19.5 Å². The lowest BCUT2D eigenvalue weighted by atomic mass is 10.1. The van der Waals surface area contributed by atoms with E-state index in [1.165, 1.54) is 16.7 Å². The number of nitrogens with zero attached hydrogens (tertiary/aromatic N) is 3. The number of phenolic OH excluding ortho intramolecular Hbond substituents is 1. The van der Waals surface area contributed by atoms with Crippen molar-refractivity contribution >= 4 is 56.4 Å². The molecule has 0 atom stereocenters. The third-order valence-electron chi connectivity index (χ3n) is 5.27. The smallest absolute Gasteiger partial charge is 0.266 e. The Morgan fingerprint density at radius 1 is 1.29 bits per heavy atom. The summed E-state index contributed by atoms with van der Waals surface area (Å²) in [4.78, 5) is 34.0. The number of hydrogen-bond acceptors (Lipinski definition) is 7. The lowest BCUT2D eigenvalue weighted by molar-refractivity contribution is -0.121. The van der Waals surface area contributed by atoms with Crippen LogP contribution in [0.1, 0.15) is 22.8 Å². The van der Waals surface area contributed by atoms with Gasteiger partial charge in [0.05, 0.1) is 34.9 Å². The van der Waals surface area contributed by atoms with Crippen molar-refractivity contribution in [2.45, 2.75) is 6.92 Å². The minimum atomic E-state index is -0.188. The number of benzene rings is 2. The second kappa shape index (κ2) is 10.6. The standard InChI is InChI=1S/C24H24BrN3O5S/c1-3-33-19-12-15(11-18(25)21(19)29)13-20-23(31)27(2)24(34-20)26-17-6-4-5-16(14-17)22(30)28-7-9-32-10-8-28/h4-6,11-14,29H,3,7-10H2,1-2H3/b20-13+,26-24?. The molecule has 4 rings (SSSR count). The zero-order chi connectivity index (χ0) is 24.2. The highest BCUT2D eigenvalue weighted by Crippen LogP contribution is 2.38. The molecule has 0 aromatic heterocycles. The van der Waals surface area contributed by atoms with Crippen LogP contribution in [0, 0.1) is 0 Å². The Labute approximate surface area is 210 Å². The highest BCUT2D eigenvalue weighted by Gasteiger charge is 2.30. The molecule has 2 fully saturated rings. The van der Waals surface area contributed by atoms with Crippen LogP contribution < -0.4 is 4.74 Å². The van der Waals surface area contributed by atoms with Gasteiger partial charge in [0.1, 0.15) is 0 Å². The number of likely N-dealkylation sites (N-methyl/N-ethyl adjacent to an activating group) is 1. The topological polar surface area (TPSA) is 91.7 Å². The number of carbonyl (C=O) groups is 2. The summed E-state index contributed by atoms with van der Waals surface area (Å²) in [5.41, 5.74) is 1.85. The fourth-order valence-electron chi connectivity index (χ4n) is 3.51. The molecular weight excluding hydrogens is 522 g/mol. The predicted octanol–water partition coefficient (Wildman–Crippen LogP) is 4.26. The number of halogens is 1. The van der Waals surface area contributed by atoms with E-state index in [1.54, 1.807) is 54.4 Å². The fourth-order valence-corrected chi connectivity index (χ4v) is 4.96. The van der Waals surface area contributed by atoms with E-state index in [0.29, 0.717) is 70.0 Å². The van der Waals surface area contributed by atoms with Gasteiger partial charge in [-0.25, -0.2) is 4.99 Å². The van der Waals surface area contributed by atoms with E-state index in [2.05, 4.69) is 20.9 Å². The molecule has 2 saturated heterocycles. The minimum Gasteiger partial charge on any atom is -0.503 e. The average Bonchev–Trinajstić information content (AvgIpc) is 3.10. The summed E-state index contributed by atoms with van der Waals surface area (Å²) in [5, 5.41) is 10.6. The molecule has 1 N–H and O–H groups in total. The van der Waals surface area contributed by atoms with Crippen molar-refractivity contribution in [1.29, 1.82) is 0 Å². The van der Waals surface area contributed by atoms with Crippen molar-refractivity contribution in [3.63, 3.8) is 0 Å². The minimum absolute atomic E-state index is 0.0141. The number of aromatic hydroxyl groups is 1. The molecule has 0 saturated carbocycles. The Bertz CT molecular complexity index is 1180. The van der Waals surface area contributed by atoms with E-state index in [0.717, 1.165) is 0 Å². The van der Waals surface area contributed by atoms with Gasteiger partial charge in [0.25, 0.3) is 11.8 Å². The first kappa shape index (κ1) is 24.3. The molecule has 178 valence electrons. The van der Waals surface area contributed by atoms with Crippen molar-refractivity contribution < 1.29 is 24.2 Å². The summed E-state index contributed by atoms with van der Waals surface area (Å²) in [6.45, 7) is 4.44. The first-order valence-electron chi connectivity index (χ1n) is 10.8. The third-order valence-corrected chi connectivity index (χ3v) is 6.93. The molecule has 2 aliphatic heterocycles. The normalized spacial score (nSPS) is 18.7. The number of phenols is 1. The molecule has 2 amide bonds. The fraction of sp³-hybridized carbons (Fsp3) is 0.292. The van der Waals surface area contributed by atoms with E-state index in [-0.39, 0.29) is 17.6 Å². The molecule has 10 heteroatoms. The molecule has 0 bridgehead atoms. The molecule has 2 heterocycles. The largest absolute Gasteiger partial charge is 0.503 e. The van der Waals surface area contributed by atoms with Gasteiger partial charge in [0.2, 0.25) is 0 Å². The van der Waals surface area contributed by atoms with Crippen LogP contribution in [0.4, 0.5) is 5.69 Å². The van der Waals surface area contributed by atoms with Gasteiger partial charge in [-0.3, -0.25) is 14.5 Å². The van der Waals surface area contributed by atoms with Crippen molar-refractivity contribution in [1.82, 2.24) is 9.80 Å². The summed E-state index contributed by atoms with van der Waals surface area (Å²) in [6.07, 6.45) is 1.73. The van der Waals surface area contributed by atoms with Crippen LogP contribution >= 0.6 is 27.7 Å². The van der Waals surface area contributed by atoms with Crippen molar-refractivity contribution in [3.8, 4) is 11.5 Å². The number of amides is 2. The van der Waals surface area contributed by atoms with E-state index < -0.39 is 0 Å². The Morgan fingerprint density at radius 3 is 2.79 bits per heavy atom. The predicted molar refractivity (Wildman–Crippen MR) is 136 cm³/mol. The van der Waals surface area contributed by atoms with Crippen molar-refractivity contribution in [2.24, 2.45) is 4.99 Å². The van der Waals surface area contributed by atoms with Gasteiger partial charge in [0.15, 0.2) is 16.7 Å². The quantitative estimate of drug-likeness (QED) is 0.564. The number of ether oxygens (including phenoxy) is 2. The van der Waals surface area contributed by atoms with Crippen LogP contribution in [-0.4, -0.2) is 71.8 Å². The molecule has 2 aromatic carbocycles. The molecule has 0 aliphatic carbocycles. The Hall–Kier alpha value is -2.82. The number of morpholine rings is 1. The van der Waals surface area contributed by atoms with Gasteiger partial charge in [-0.05, 0) is 76.6 Å². The molecular formula is C24H24BrN3O5S.